The number of ketones is 1. The van der Waals surface area contributed by atoms with E-state index in [2.05, 4.69) is 0 Å². The van der Waals surface area contributed by atoms with Gasteiger partial charge in [-0.2, -0.15) is 0 Å². The van der Waals surface area contributed by atoms with Gasteiger partial charge in [-0.1, -0.05) is 6.92 Å². The maximum Gasteiger partial charge on any atom is 0.379 e. The number of hydrogen-bond acceptors (Lipinski definition) is 5. The van der Waals surface area contributed by atoms with E-state index in [0.29, 0.717) is 11.5 Å². The van der Waals surface area contributed by atoms with Crippen LogP contribution in [0.4, 0.5) is 0 Å². The quantitative estimate of drug-likeness (QED) is 0.448. The molecule has 0 saturated carbocycles. The Kier molecular flexibility index (Phi) is 5.36. The van der Waals surface area contributed by atoms with E-state index in [-0.39, 0.29) is 12.2 Å². The smallest absolute Gasteiger partial charge is 0.379 e. The second-order valence-corrected chi connectivity index (χ2v) is 3.77. The van der Waals surface area contributed by atoms with Crippen molar-refractivity contribution < 1.29 is 23.8 Å². The number of benzene rings is 1. The molecule has 0 N–H and O–H groups in total. The first kappa shape index (κ1) is 15.0. The van der Waals surface area contributed by atoms with Crippen LogP contribution in [0.2, 0.25) is 0 Å². The average Bonchev–Trinajstić information content (AvgIpc) is 2.45. The van der Waals surface area contributed by atoms with Crippen LogP contribution in [0.1, 0.15) is 29.8 Å². The van der Waals surface area contributed by atoms with E-state index >= 15 is 0 Å². The Morgan fingerprint density at radius 3 is 2.16 bits per heavy atom. The number of carbonyl (C=O) groups is 2. The molecule has 0 spiro atoms. The molecule has 0 aliphatic carbocycles. The highest BCUT2D eigenvalue weighted by Gasteiger charge is 2.23. The maximum atomic E-state index is 12.0. The molecule has 0 aliphatic rings. The number of esters is 1. The Balaban J connectivity index is 3.25. The van der Waals surface area contributed by atoms with Crippen LogP contribution in [0.5, 0.6) is 11.5 Å². The van der Waals surface area contributed by atoms with E-state index in [0.717, 1.165) is 12.0 Å². The fourth-order valence-corrected chi connectivity index (χ4v) is 1.72. The molecule has 5 nitrogen and oxygen atoms in total. The summed E-state index contributed by atoms with van der Waals surface area (Å²) in [5.74, 6) is -0.738. The highest BCUT2D eigenvalue weighted by Crippen LogP contribution is 2.29. The number of aryl methyl sites for hydroxylation is 1. The van der Waals surface area contributed by atoms with Crippen LogP contribution in [-0.2, 0) is 16.0 Å². The molecule has 0 amide bonds. The largest absolute Gasteiger partial charge is 0.496 e. The van der Waals surface area contributed by atoms with Gasteiger partial charge in [0.1, 0.15) is 11.5 Å². The van der Waals surface area contributed by atoms with Gasteiger partial charge in [-0.3, -0.25) is 4.79 Å². The molecule has 104 valence electrons. The first-order valence-electron chi connectivity index (χ1n) is 6.05. The van der Waals surface area contributed by atoms with Crippen molar-refractivity contribution in [3.8, 4) is 11.5 Å². The molecule has 0 unspecified atom stereocenters. The van der Waals surface area contributed by atoms with Crippen LogP contribution in [0.3, 0.4) is 0 Å². The zero-order chi connectivity index (χ0) is 14.4. The van der Waals surface area contributed by atoms with Gasteiger partial charge in [-0.25, -0.2) is 4.79 Å². The third-order valence-electron chi connectivity index (χ3n) is 2.69. The number of ether oxygens (including phenoxy) is 3. The van der Waals surface area contributed by atoms with E-state index < -0.39 is 11.8 Å². The lowest BCUT2D eigenvalue weighted by Gasteiger charge is -2.13. The summed E-state index contributed by atoms with van der Waals surface area (Å²) in [6.07, 6.45) is 0.730. The van der Waals surface area contributed by atoms with Crippen molar-refractivity contribution in [3.63, 3.8) is 0 Å². The second kappa shape index (κ2) is 6.78. The minimum Gasteiger partial charge on any atom is -0.496 e. The number of methoxy groups -OCH3 is 2. The van der Waals surface area contributed by atoms with Gasteiger partial charge in [0, 0.05) is 0 Å². The minimum atomic E-state index is -0.896. The second-order valence-electron chi connectivity index (χ2n) is 3.77. The van der Waals surface area contributed by atoms with Crippen molar-refractivity contribution in [1.29, 1.82) is 0 Å². The summed E-state index contributed by atoms with van der Waals surface area (Å²) in [5, 5.41) is 0. The normalized spacial score (nSPS) is 9.89. The number of hydrogen-bond donors (Lipinski definition) is 0. The molecule has 0 atom stereocenters. The molecule has 1 aromatic rings. The third-order valence-corrected chi connectivity index (χ3v) is 2.69. The van der Waals surface area contributed by atoms with E-state index in [1.807, 2.05) is 6.92 Å². The van der Waals surface area contributed by atoms with Crippen LogP contribution in [0, 0.1) is 0 Å². The van der Waals surface area contributed by atoms with Gasteiger partial charge < -0.3 is 14.2 Å². The lowest BCUT2D eigenvalue weighted by Crippen LogP contribution is -2.18. The molecule has 19 heavy (non-hydrogen) atoms. The van der Waals surface area contributed by atoms with Gasteiger partial charge in [0.05, 0.1) is 26.4 Å². The minimum absolute atomic E-state index is 0.148. The Bertz CT molecular complexity index is 479. The van der Waals surface area contributed by atoms with Gasteiger partial charge in [-0.15, -0.1) is 0 Å². The van der Waals surface area contributed by atoms with Gasteiger partial charge in [0.2, 0.25) is 0 Å². The predicted octanol–water partition coefficient (Wildman–Crippen LogP) is 2.01. The number of rotatable bonds is 6. The first-order chi connectivity index (χ1) is 9.08. The molecule has 0 radical (unpaired) electrons. The molecule has 1 aromatic carbocycles. The lowest BCUT2D eigenvalue weighted by molar-refractivity contribution is -0.137. The summed E-state index contributed by atoms with van der Waals surface area (Å²) in [6, 6.07) is 3.21. The Morgan fingerprint density at radius 1 is 1.05 bits per heavy atom. The standard InChI is InChI=1S/C14H18O5/c1-5-9-7-12(18-4)10(8-11(9)17-3)13(15)14(16)19-6-2/h7-8H,5-6H2,1-4H3. The molecule has 0 saturated heterocycles. The van der Waals surface area contributed by atoms with Crippen molar-refractivity contribution in [2.75, 3.05) is 20.8 Å². The third kappa shape index (κ3) is 3.24. The Hall–Kier alpha value is -2.04. The van der Waals surface area contributed by atoms with Crippen LogP contribution in [-0.4, -0.2) is 32.6 Å². The van der Waals surface area contributed by atoms with Crippen molar-refractivity contribution >= 4 is 11.8 Å². The summed E-state index contributed by atoms with van der Waals surface area (Å²) in [7, 11) is 2.96. The molecule has 0 heterocycles. The summed E-state index contributed by atoms with van der Waals surface area (Å²) >= 11 is 0. The summed E-state index contributed by atoms with van der Waals surface area (Å²) < 4.78 is 15.1. The molecule has 0 aromatic heterocycles. The van der Waals surface area contributed by atoms with E-state index in [1.165, 1.54) is 20.3 Å². The average molecular weight is 266 g/mol. The highest BCUT2D eigenvalue weighted by atomic mass is 16.5. The molecule has 1 rings (SSSR count). The van der Waals surface area contributed by atoms with E-state index in [1.54, 1.807) is 13.0 Å². The van der Waals surface area contributed by atoms with Gasteiger partial charge in [-0.05, 0) is 31.0 Å². The number of Topliss-reactive ketones (excluding diaryl/α,β-unsaturated/α-hetero) is 1. The number of carbonyl (C=O) groups excluding carboxylic acids is 2. The van der Waals surface area contributed by atoms with Crippen molar-refractivity contribution in [2.45, 2.75) is 20.3 Å². The van der Waals surface area contributed by atoms with Crippen LogP contribution in [0.25, 0.3) is 0 Å². The molecule has 5 heteroatoms. The summed E-state index contributed by atoms with van der Waals surface area (Å²) in [5.41, 5.74) is 1.05. The lowest BCUT2D eigenvalue weighted by atomic mass is 10.0. The molecular formula is C14H18O5. The molecule has 0 fully saturated rings. The van der Waals surface area contributed by atoms with Crippen LogP contribution in [0.15, 0.2) is 12.1 Å². The summed E-state index contributed by atoms with van der Waals surface area (Å²) in [4.78, 5) is 23.5. The van der Waals surface area contributed by atoms with Gasteiger partial charge in [0.25, 0.3) is 5.78 Å². The first-order valence-corrected chi connectivity index (χ1v) is 6.05. The zero-order valence-corrected chi connectivity index (χ0v) is 11.6. The fraction of sp³-hybridized carbons (Fsp3) is 0.429. The van der Waals surface area contributed by atoms with Gasteiger partial charge in [0.15, 0.2) is 0 Å². The van der Waals surface area contributed by atoms with Gasteiger partial charge >= 0.3 is 5.97 Å². The van der Waals surface area contributed by atoms with Crippen LogP contribution < -0.4 is 9.47 Å². The van der Waals surface area contributed by atoms with Crippen LogP contribution >= 0.6 is 0 Å². The SMILES string of the molecule is CCOC(=O)C(=O)c1cc(OC)c(CC)cc1OC. The van der Waals surface area contributed by atoms with E-state index in [4.69, 9.17) is 14.2 Å². The highest BCUT2D eigenvalue weighted by molar-refractivity contribution is 6.41. The van der Waals surface area contributed by atoms with E-state index in [9.17, 15) is 9.59 Å². The fourth-order valence-electron chi connectivity index (χ4n) is 1.72. The van der Waals surface area contributed by atoms with Crippen molar-refractivity contribution in [1.82, 2.24) is 0 Å². The predicted molar refractivity (Wildman–Crippen MR) is 69.9 cm³/mol. The molecular weight excluding hydrogens is 248 g/mol. The zero-order valence-electron chi connectivity index (χ0n) is 11.6. The van der Waals surface area contributed by atoms with Crippen molar-refractivity contribution in [2.24, 2.45) is 0 Å². The Labute approximate surface area is 112 Å². The molecule has 0 bridgehead atoms. The van der Waals surface area contributed by atoms with Crippen molar-refractivity contribution in [3.05, 3.63) is 23.3 Å². The summed E-state index contributed by atoms with van der Waals surface area (Å²) in [6.45, 7) is 3.75. The molecule has 0 aliphatic heterocycles. The maximum absolute atomic E-state index is 12.0. The topological polar surface area (TPSA) is 61.8 Å². The monoisotopic (exact) mass is 266 g/mol. The Morgan fingerprint density at radius 2 is 1.68 bits per heavy atom.